The molecule has 85 heavy (non-hydrogen) atoms. The van der Waals surface area contributed by atoms with Gasteiger partial charge in [-0.1, -0.05) is 366 Å². The van der Waals surface area contributed by atoms with E-state index in [0.29, 0.717) is 23.9 Å². The Bertz CT molecular complexity index is 1440. The molecular formula is C75H149NO8P+. The molecule has 0 radical (unpaired) electrons. The highest BCUT2D eigenvalue weighted by Crippen LogP contribution is 2.43. The number of phosphoric ester groups is 1. The number of likely N-dealkylation sites (N-methyl/N-ethyl adjacent to an activating group) is 1. The first-order valence-corrected chi connectivity index (χ1v) is 39.4. The Balaban J connectivity index is 3.85. The summed E-state index contributed by atoms with van der Waals surface area (Å²) in [6, 6.07) is 0. The Morgan fingerprint density at radius 2 is 0.600 bits per heavy atom. The van der Waals surface area contributed by atoms with Crippen LogP contribution < -0.4 is 0 Å². The van der Waals surface area contributed by atoms with Crippen molar-refractivity contribution < 1.29 is 42.1 Å². The van der Waals surface area contributed by atoms with Crippen LogP contribution in [0.15, 0.2) is 12.2 Å². The Hall–Kier alpha value is -1.25. The van der Waals surface area contributed by atoms with Gasteiger partial charge in [-0.2, -0.15) is 0 Å². The van der Waals surface area contributed by atoms with Crippen LogP contribution in [0, 0.1) is 0 Å². The lowest BCUT2D eigenvalue weighted by Gasteiger charge is -2.24. The summed E-state index contributed by atoms with van der Waals surface area (Å²) in [5, 5.41) is 0. The molecule has 0 aromatic carbocycles. The van der Waals surface area contributed by atoms with Crippen LogP contribution in [0.25, 0.3) is 0 Å². The molecule has 0 fully saturated rings. The molecule has 0 amide bonds. The summed E-state index contributed by atoms with van der Waals surface area (Å²) in [7, 11) is 1.50. The number of hydrogen-bond acceptors (Lipinski definition) is 7. The van der Waals surface area contributed by atoms with Crippen LogP contribution in [0.3, 0.4) is 0 Å². The number of unbranched alkanes of at least 4 members (excludes halogenated alkanes) is 56. The van der Waals surface area contributed by atoms with Gasteiger partial charge in [-0.25, -0.2) is 4.57 Å². The fourth-order valence-electron chi connectivity index (χ4n) is 11.7. The fraction of sp³-hybridized carbons (Fsp3) is 0.947. The van der Waals surface area contributed by atoms with E-state index in [1.807, 2.05) is 21.1 Å². The first-order valence-electron chi connectivity index (χ1n) is 37.9. The predicted octanol–water partition coefficient (Wildman–Crippen LogP) is 24.7. The maximum absolute atomic E-state index is 12.9. The van der Waals surface area contributed by atoms with E-state index in [1.165, 1.54) is 340 Å². The van der Waals surface area contributed by atoms with E-state index >= 15 is 0 Å². The van der Waals surface area contributed by atoms with Crippen LogP contribution in [0.4, 0.5) is 0 Å². The van der Waals surface area contributed by atoms with Gasteiger partial charge in [0.15, 0.2) is 6.10 Å². The quantitative estimate of drug-likeness (QED) is 0.0211. The number of carbonyl (C=O) groups is 2. The van der Waals surface area contributed by atoms with Crippen molar-refractivity contribution >= 4 is 19.8 Å². The molecule has 0 saturated carbocycles. The average molecular weight is 1220 g/mol. The van der Waals surface area contributed by atoms with Crippen molar-refractivity contribution in [2.24, 2.45) is 0 Å². The number of ether oxygens (including phenoxy) is 2. The van der Waals surface area contributed by atoms with Gasteiger partial charge in [0.25, 0.3) is 0 Å². The normalized spacial score (nSPS) is 13.1. The first-order chi connectivity index (χ1) is 41.5. The third kappa shape index (κ3) is 71.7. The van der Waals surface area contributed by atoms with E-state index in [1.54, 1.807) is 0 Å². The Morgan fingerprint density at radius 1 is 0.353 bits per heavy atom. The molecule has 0 rings (SSSR count). The molecule has 0 aromatic heterocycles. The number of phosphoric acid groups is 1. The first kappa shape index (κ1) is 83.8. The second-order valence-electron chi connectivity index (χ2n) is 27.4. The molecule has 9 nitrogen and oxygen atoms in total. The van der Waals surface area contributed by atoms with Crippen LogP contribution in [0.1, 0.15) is 406 Å². The minimum absolute atomic E-state index is 0.0353. The lowest BCUT2D eigenvalue weighted by atomic mass is 10.0. The number of esters is 2. The van der Waals surface area contributed by atoms with E-state index in [9.17, 15) is 19.0 Å². The van der Waals surface area contributed by atoms with E-state index < -0.39 is 26.5 Å². The molecule has 1 N–H and O–H groups in total. The number of rotatable bonds is 72. The molecule has 506 valence electrons. The number of carbonyl (C=O) groups excluding carboxylic acids is 2. The molecule has 2 atom stereocenters. The standard InChI is InChI=1S/C75H148NO8P/c1-6-8-10-12-14-16-18-20-22-24-26-28-29-30-31-32-33-34-35-36-37-38-39-40-41-42-43-44-45-46-48-49-51-53-55-57-59-61-63-65-67-74(77)81-71-73(72-83-85(79,80)82-70-69-76(3,4)5)84-75(78)68-66-64-62-60-58-56-54-52-50-47-27-25-23-21-19-17-15-13-11-9-7-2/h25,27,73H,6-24,26,28-72H2,1-5H3/p+1/b27-25-. The number of hydrogen-bond donors (Lipinski definition) is 1. The van der Waals surface area contributed by atoms with Gasteiger partial charge in [0.05, 0.1) is 27.7 Å². The maximum Gasteiger partial charge on any atom is 0.472 e. The minimum Gasteiger partial charge on any atom is -0.462 e. The van der Waals surface area contributed by atoms with Gasteiger partial charge in [-0.15, -0.1) is 0 Å². The van der Waals surface area contributed by atoms with Crippen molar-refractivity contribution in [2.75, 3.05) is 47.5 Å². The van der Waals surface area contributed by atoms with Crippen LogP contribution in [-0.4, -0.2) is 74.9 Å². The predicted molar refractivity (Wildman–Crippen MR) is 368 cm³/mol. The van der Waals surface area contributed by atoms with Crippen molar-refractivity contribution in [2.45, 2.75) is 412 Å². The van der Waals surface area contributed by atoms with Crippen LogP contribution in [0.2, 0.25) is 0 Å². The zero-order valence-corrected chi connectivity index (χ0v) is 58.8. The van der Waals surface area contributed by atoms with E-state index in [-0.39, 0.29) is 25.6 Å². The van der Waals surface area contributed by atoms with E-state index in [2.05, 4.69) is 26.0 Å². The van der Waals surface area contributed by atoms with Crippen molar-refractivity contribution in [1.82, 2.24) is 0 Å². The number of nitrogens with zero attached hydrogens (tertiary/aromatic N) is 1. The number of allylic oxidation sites excluding steroid dienone is 2. The van der Waals surface area contributed by atoms with Crippen LogP contribution in [-0.2, 0) is 32.7 Å². The fourth-order valence-corrected chi connectivity index (χ4v) is 12.5. The maximum atomic E-state index is 12.9. The van der Waals surface area contributed by atoms with Gasteiger partial charge < -0.3 is 18.9 Å². The third-order valence-electron chi connectivity index (χ3n) is 17.5. The third-order valence-corrected chi connectivity index (χ3v) is 18.5. The smallest absolute Gasteiger partial charge is 0.462 e. The summed E-state index contributed by atoms with van der Waals surface area (Å²) in [6.45, 7) is 4.51. The molecule has 0 bridgehead atoms. The van der Waals surface area contributed by atoms with Gasteiger partial charge in [-0.05, 0) is 38.5 Å². The monoisotopic (exact) mass is 1220 g/mol. The van der Waals surface area contributed by atoms with Gasteiger partial charge in [0, 0.05) is 12.8 Å². The largest absolute Gasteiger partial charge is 0.472 e. The lowest BCUT2D eigenvalue weighted by Crippen LogP contribution is -2.37. The Labute approximate surface area is 530 Å². The molecule has 0 aliphatic carbocycles. The summed E-state index contributed by atoms with van der Waals surface area (Å²) < 4.78 is 34.7. The Kier molecular flexibility index (Phi) is 66.2. The average Bonchev–Trinajstić information content (AvgIpc) is 3.49. The zero-order valence-electron chi connectivity index (χ0n) is 57.9. The van der Waals surface area contributed by atoms with Crippen LogP contribution >= 0.6 is 7.82 Å². The summed E-state index contributed by atoms with van der Waals surface area (Å²) in [6.07, 6.45) is 83.6. The molecule has 0 aliphatic heterocycles. The van der Waals surface area contributed by atoms with Gasteiger partial charge in [0.2, 0.25) is 0 Å². The van der Waals surface area contributed by atoms with Crippen molar-refractivity contribution in [3.8, 4) is 0 Å². The highest BCUT2D eigenvalue weighted by Gasteiger charge is 2.27. The molecule has 0 saturated heterocycles. The van der Waals surface area contributed by atoms with E-state index in [0.717, 1.165) is 32.1 Å². The molecule has 10 heteroatoms. The molecule has 0 heterocycles. The second kappa shape index (κ2) is 67.2. The SMILES string of the molecule is CCCCCCCCCC/C=C\CCCCCCCCCCCC(=O)OC(COC(=O)CCCCCCCCCCCCCCCCCCCCCCCCCCCCCCCCCCCCCCCCCC)COP(=O)(O)OCC[N+](C)(C)C. The molecular weight excluding hydrogens is 1070 g/mol. The van der Waals surface area contributed by atoms with Crippen LogP contribution in [0.5, 0.6) is 0 Å². The topological polar surface area (TPSA) is 108 Å². The van der Waals surface area contributed by atoms with Crippen molar-refractivity contribution in [3.63, 3.8) is 0 Å². The van der Waals surface area contributed by atoms with Gasteiger partial charge >= 0.3 is 19.8 Å². The highest BCUT2D eigenvalue weighted by atomic mass is 31.2. The van der Waals surface area contributed by atoms with Gasteiger partial charge in [0.1, 0.15) is 19.8 Å². The summed E-state index contributed by atoms with van der Waals surface area (Å²) >= 11 is 0. The summed E-state index contributed by atoms with van der Waals surface area (Å²) in [4.78, 5) is 35.9. The summed E-state index contributed by atoms with van der Waals surface area (Å²) in [5.41, 5.74) is 0. The molecule has 0 aliphatic rings. The number of quaternary nitrogens is 1. The van der Waals surface area contributed by atoms with E-state index in [4.69, 9.17) is 18.5 Å². The Morgan fingerprint density at radius 3 is 0.871 bits per heavy atom. The molecule has 0 aromatic rings. The van der Waals surface area contributed by atoms with Crippen molar-refractivity contribution in [1.29, 1.82) is 0 Å². The minimum atomic E-state index is -4.39. The lowest BCUT2D eigenvalue weighted by molar-refractivity contribution is -0.870. The second-order valence-corrected chi connectivity index (χ2v) is 28.9. The molecule has 0 spiro atoms. The van der Waals surface area contributed by atoms with Crippen molar-refractivity contribution in [3.05, 3.63) is 12.2 Å². The molecule has 2 unspecified atom stereocenters. The van der Waals surface area contributed by atoms with Gasteiger partial charge in [-0.3, -0.25) is 18.6 Å². The zero-order chi connectivity index (χ0) is 61.9. The summed E-state index contributed by atoms with van der Waals surface area (Å²) in [5.74, 6) is -0.775. The highest BCUT2D eigenvalue weighted by molar-refractivity contribution is 7.47.